The van der Waals surface area contributed by atoms with E-state index in [1.54, 1.807) is 6.20 Å². The van der Waals surface area contributed by atoms with Crippen molar-refractivity contribution < 1.29 is 0 Å². The van der Waals surface area contributed by atoms with E-state index in [4.69, 9.17) is 11.6 Å². The lowest BCUT2D eigenvalue weighted by molar-refractivity contribution is 0.416. The summed E-state index contributed by atoms with van der Waals surface area (Å²) >= 11 is 5.86. The third kappa shape index (κ3) is 3.68. The number of alkyl halides is 1. The summed E-state index contributed by atoms with van der Waals surface area (Å²) in [7, 11) is 6.22. The lowest BCUT2D eigenvalue weighted by atomic mass is 10.2. The van der Waals surface area contributed by atoms with Gasteiger partial charge in [-0.1, -0.05) is 0 Å². The van der Waals surface area contributed by atoms with Gasteiger partial charge in [0, 0.05) is 43.8 Å². The number of likely N-dealkylation sites (N-methyl/N-ethyl adjacent to an activating group) is 2. The van der Waals surface area contributed by atoms with Crippen molar-refractivity contribution in [2.45, 2.75) is 5.88 Å². The van der Waals surface area contributed by atoms with Gasteiger partial charge in [-0.3, -0.25) is 4.98 Å². The second kappa shape index (κ2) is 5.93. The number of hydrogen-bond acceptors (Lipinski definition) is 3. The first-order chi connectivity index (χ1) is 7.15. The fraction of sp³-hybridized carbons (Fsp3) is 0.545. The van der Waals surface area contributed by atoms with Crippen molar-refractivity contribution in [2.24, 2.45) is 0 Å². The largest absolute Gasteiger partial charge is 0.373 e. The number of anilines is 1. The Balaban J connectivity index is 2.68. The number of nitrogens with zero attached hydrogens (tertiary/aromatic N) is 3. The van der Waals surface area contributed by atoms with Crippen LogP contribution in [0.4, 0.5) is 5.69 Å². The van der Waals surface area contributed by atoms with E-state index in [2.05, 4.69) is 35.9 Å². The zero-order valence-corrected chi connectivity index (χ0v) is 10.3. The number of hydrogen-bond donors (Lipinski definition) is 0. The highest BCUT2D eigenvalue weighted by atomic mass is 35.5. The van der Waals surface area contributed by atoms with Gasteiger partial charge in [-0.25, -0.2) is 0 Å². The minimum absolute atomic E-state index is 0.509. The molecule has 0 atom stereocenters. The Hall–Kier alpha value is -0.800. The molecule has 0 N–H and O–H groups in total. The van der Waals surface area contributed by atoms with E-state index >= 15 is 0 Å². The van der Waals surface area contributed by atoms with E-state index in [0.717, 1.165) is 18.7 Å². The summed E-state index contributed by atoms with van der Waals surface area (Å²) in [5.74, 6) is 0.509. The molecule has 1 rings (SSSR count). The Morgan fingerprint density at radius 1 is 1.27 bits per heavy atom. The first-order valence-electron chi connectivity index (χ1n) is 5.00. The number of halogens is 1. The van der Waals surface area contributed by atoms with Gasteiger partial charge in [0.25, 0.3) is 0 Å². The van der Waals surface area contributed by atoms with Gasteiger partial charge in [-0.15, -0.1) is 11.6 Å². The van der Waals surface area contributed by atoms with Gasteiger partial charge >= 0.3 is 0 Å². The molecule has 0 saturated heterocycles. The van der Waals surface area contributed by atoms with Crippen LogP contribution in [0.15, 0.2) is 18.5 Å². The van der Waals surface area contributed by atoms with Gasteiger partial charge in [-0.05, 0) is 20.2 Å². The average Bonchev–Trinajstić information content (AvgIpc) is 2.25. The van der Waals surface area contributed by atoms with Gasteiger partial charge in [0.15, 0.2) is 0 Å². The third-order valence-corrected chi connectivity index (χ3v) is 2.60. The molecule has 3 nitrogen and oxygen atoms in total. The van der Waals surface area contributed by atoms with Crippen molar-refractivity contribution in [2.75, 3.05) is 39.1 Å². The molecule has 15 heavy (non-hydrogen) atoms. The molecule has 0 amide bonds. The molecule has 1 aromatic heterocycles. The van der Waals surface area contributed by atoms with E-state index in [-0.39, 0.29) is 0 Å². The van der Waals surface area contributed by atoms with Crippen LogP contribution < -0.4 is 4.90 Å². The minimum atomic E-state index is 0.509. The normalized spacial score (nSPS) is 10.7. The quantitative estimate of drug-likeness (QED) is 0.716. The third-order valence-electron chi connectivity index (χ3n) is 2.32. The second-order valence-electron chi connectivity index (χ2n) is 3.86. The van der Waals surface area contributed by atoms with Crippen molar-refractivity contribution in [3.05, 3.63) is 24.0 Å². The summed E-state index contributed by atoms with van der Waals surface area (Å²) in [5.41, 5.74) is 2.25. The zero-order valence-electron chi connectivity index (χ0n) is 9.57. The molecule has 0 saturated carbocycles. The van der Waals surface area contributed by atoms with Gasteiger partial charge in [0.1, 0.15) is 0 Å². The summed E-state index contributed by atoms with van der Waals surface area (Å²) < 4.78 is 0. The molecule has 0 aliphatic heterocycles. The van der Waals surface area contributed by atoms with Gasteiger partial charge in [0.2, 0.25) is 0 Å². The molecule has 0 spiro atoms. The van der Waals surface area contributed by atoms with Crippen molar-refractivity contribution in [1.29, 1.82) is 0 Å². The smallest absolute Gasteiger partial charge is 0.0509 e. The summed E-state index contributed by atoms with van der Waals surface area (Å²) in [6.45, 7) is 2.02. The van der Waals surface area contributed by atoms with Crippen molar-refractivity contribution in [3.63, 3.8) is 0 Å². The van der Waals surface area contributed by atoms with Gasteiger partial charge in [0.05, 0.1) is 5.88 Å². The zero-order chi connectivity index (χ0) is 11.3. The highest BCUT2D eigenvalue weighted by Gasteiger charge is 2.06. The molecule has 0 aliphatic rings. The second-order valence-corrected chi connectivity index (χ2v) is 4.13. The molecule has 0 radical (unpaired) electrons. The Kier molecular flexibility index (Phi) is 4.85. The predicted octanol–water partition coefficient (Wildman–Crippen LogP) is 1.82. The molecule has 0 aromatic carbocycles. The van der Waals surface area contributed by atoms with Crippen LogP contribution in [0.3, 0.4) is 0 Å². The fourth-order valence-corrected chi connectivity index (χ4v) is 1.57. The summed E-state index contributed by atoms with van der Waals surface area (Å²) in [6, 6.07) is 2.01. The average molecular weight is 228 g/mol. The molecule has 0 bridgehead atoms. The number of rotatable bonds is 5. The molecular formula is C11H18ClN3. The Morgan fingerprint density at radius 2 is 2.00 bits per heavy atom. The minimum Gasteiger partial charge on any atom is -0.373 e. The fourth-order valence-electron chi connectivity index (χ4n) is 1.37. The van der Waals surface area contributed by atoms with Gasteiger partial charge in [-0.2, -0.15) is 0 Å². The highest BCUT2D eigenvalue weighted by Crippen LogP contribution is 2.19. The van der Waals surface area contributed by atoms with Crippen molar-refractivity contribution in [1.82, 2.24) is 9.88 Å². The first-order valence-corrected chi connectivity index (χ1v) is 5.53. The monoisotopic (exact) mass is 227 g/mol. The van der Waals surface area contributed by atoms with Crippen LogP contribution >= 0.6 is 11.6 Å². The highest BCUT2D eigenvalue weighted by molar-refractivity contribution is 6.17. The van der Waals surface area contributed by atoms with Crippen LogP contribution in [0.25, 0.3) is 0 Å². The number of aromatic nitrogens is 1. The van der Waals surface area contributed by atoms with Crippen LogP contribution in [0, 0.1) is 0 Å². The molecule has 0 aliphatic carbocycles. The molecule has 0 unspecified atom stereocenters. The maximum absolute atomic E-state index is 5.86. The lowest BCUT2D eigenvalue weighted by Crippen LogP contribution is -2.29. The number of pyridine rings is 1. The lowest BCUT2D eigenvalue weighted by Gasteiger charge is -2.23. The summed E-state index contributed by atoms with van der Waals surface area (Å²) in [5, 5.41) is 0. The van der Waals surface area contributed by atoms with Crippen LogP contribution in [0.5, 0.6) is 0 Å². The SMILES string of the molecule is CN(C)CCN(C)c1ccncc1CCl. The molecule has 0 fully saturated rings. The Bertz CT molecular complexity index is 302. The van der Waals surface area contributed by atoms with E-state index in [1.807, 2.05) is 12.3 Å². The van der Waals surface area contributed by atoms with Crippen LogP contribution in [0.1, 0.15) is 5.56 Å². The predicted molar refractivity (Wildman–Crippen MR) is 65.6 cm³/mol. The van der Waals surface area contributed by atoms with E-state index in [0.29, 0.717) is 5.88 Å². The summed E-state index contributed by atoms with van der Waals surface area (Å²) in [6.07, 6.45) is 3.63. The Labute approximate surface area is 96.7 Å². The van der Waals surface area contributed by atoms with E-state index in [9.17, 15) is 0 Å². The first kappa shape index (κ1) is 12.3. The molecular weight excluding hydrogens is 210 g/mol. The van der Waals surface area contributed by atoms with E-state index < -0.39 is 0 Å². The molecule has 1 aromatic rings. The molecule has 4 heteroatoms. The van der Waals surface area contributed by atoms with Crippen LogP contribution in [-0.2, 0) is 5.88 Å². The molecule has 1 heterocycles. The van der Waals surface area contributed by atoms with E-state index in [1.165, 1.54) is 5.69 Å². The molecule has 84 valence electrons. The van der Waals surface area contributed by atoms with Crippen LogP contribution in [0.2, 0.25) is 0 Å². The van der Waals surface area contributed by atoms with Crippen LogP contribution in [-0.4, -0.2) is 44.1 Å². The maximum atomic E-state index is 5.86. The van der Waals surface area contributed by atoms with Crippen molar-refractivity contribution >= 4 is 17.3 Å². The summed E-state index contributed by atoms with van der Waals surface area (Å²) in [4.78, 5) is 8.44. The standard InChI is InChI=1S/C11H18ClN3/c1-14(2)6-7-15(3)11-4-5-13-9-10(11)8-12/h4-5,9H,6-8H2,1-3H3. The van der Waals surface area contributed by atoms with Gasteiger partial charge < -0.3 is 9.80 Å². The topological polar surface area (TPSA) is 19.4 Å². The van der Waals surface area contributed by atoms with Crippen molar-refractivity contribution in [3.8, 4) is 0 Å². The Morgan fingerprint density at radius 3 is 2.60 bits per heavy atom. The maximum Gasteiger partial charge on any atom is 0.0509 e.